The van der Waals surface area contributed by atoms with Gasteiger partial charge < -0.3 is 19.8 Å². The van der Waals surface area contributed by atoms with Crippen LogP contribution in [0, 0.1) is 0 Å². The number of alkyl halides is 3. The van der Waals surface area contributed by atoms with E-state index in [1.165, 1.54) is 11.6 Å². The first-order chi connectivity index (χ1) is 16.0. The van der Waals surface area contributed by atoms with Gasteiger partial charge in [0, 0.05) is 23.6 Å². The second kappa shape index (κ2) is 10.4. The Morgan fingerprint density at radius 3 is 2.42 bits per heavy atom. The van der Waals surface area contributed by atoms with E-state index < -0.39 is 12.8 Å². The molecule has 0 spiro atoms. The summed E-state index contributed by atoms with van der Waals surface area (Å²) in [5.74, 6) is 1.03. The number of benzene rings is 3. The number of rotatable bonds is 10. The fraction of sp³-hybridized carbons (Fsp3) is 0.231. The molecule has 1 heterocycles. The van der Waals surface area contributed by atoms with Crippen molar-refractivity contribution < 1.29 is 22.6 Å². The maximum atomic E-state index is 12.3. The minimum absolute atomic E-state index is 0.214. The van der Waals surface area contributed by atoms with Crippen LogP contribution in [0.15, 0.2) is 79.0 Å². The van der Waals surface area contributed by atoms with Crippen molar-refractivity contribution in [3.05, 3.63) is 95.7 Å². The van der Waals surface area contributed by atoms with Crippen LogP contribution in [0.5, 0.6) is 11.5 Å². The molecular formula is C26H25F3N2O2. The van der Waals surface area contributed by atoms with Gasteiger partial charge >= 0.3 is 6.18 Å². The van der Waals surface area contributed by atoms with Gasteiger partial charge in [-0.25, -0.2) is 0 Å². The highest BCUT2D eigenvalue weighted by atomic mass is 19.4. The first kappa shape index (κ1) is 22.7. The molecule has 0 amide bonds. The van der Waals surface area contributed by atoms with Gasteiger partial charge in [-0.3, -0.25) is 0 Å². The first-order valence-corrected chi connectivity index (χ1v) is 10.7. The van der Waals surface area contributed by atoms with Crippen molar-refractivity contribution in [3.63, 3.8) is 0 Å². The Morgan fingerprint density at radius 1 is 0.818 bits per heavy atom. The number of aromatic amines is 1. The van der Waals surface area contributed by atoms with E-state index in [0.29, 0.717) is 13.2 Å². The molecule has 0 bridgehead atoms. The molecule has 33 heavy (non-hydrogen) atoms. The van der Waals surface area contributed by atoms with Crippen molar-refractivity contribution in [1.29, 1.82) is 0 Å². The zero-order valence-corrected chi connectivity index (χ0v) is 18.0. The molecule has 0 aliphatic rings. The maximum Gasteiger partial charge on any atom is 0.422 e. The number of halogens is 3. The molecule has 4 nitrogen and oxygen atoms in total. The van der Waals surface area contributed by atoms with Crippen molar-refractivity contribution in [2.24, 2.45) is 0 Å². The molecule has 1 aromatic heterocycles. The molecule has 0 fully saturated rings. The number of fused-ring (bicyclic) bond motifs is 1. The summed E-state index contributed by atoms with van der Waals surface area (Å²) in [7, 11) is 0. The number of ether oxygens (including phenoxy) is 2. The van der Waals surface area contributed by atoms with Gasteiger partial charge in [-0.05, 0) is 60.0 Å². The summed E-state index contributed by atoms with van der Waals surface area (Å²) in [6, 6.07) is 22.7. The smallest absolute Gasteiger partial charge is 0.422 e. The van der Waals surface area contributed by atoms with Gasteiger partial charge in [0.05, 0.1) is 0 Å². The second-order valence-corrected chi connectivity index (χ2v) is 7.77. The topological polar surface area (TPSA) is 46.3 Å². The Labute approximate surface area is 190 Å². The highest BCUT2D eigenvalue weighted by Gasteiger charge is 2.28. The predicted octanol–water partition coefficient (Wildman–Crippen LogP) is 6.02. The molecule has 0 saturated carbocycles. The van der Waals surface area contributed by atoms with E-state index in [-0.39, 0.29) is 5.75 Å². The van der Waals surface area contributed by atoms with Gasteiger partial charge in [0.15, 0.2) is 6.61 Å². The Bertz CT molecular complexity index is 1170. The lowest BCUT2D eigenvalue weighted by Crippen LogP contribution is -2.19. The molecule has 0 aliphatic heterocycles. The van der Waals surface area contributed by atoms with Crippen LogP contribution in [-0.4, -0.2) is 24.3 Å². The molecule has 0 atom stereocenters. The highest BCUT2D eigenvalue weighted by Crippen LogP contribution is 2.25. The Balaban J connectivity index is 1.29. The third kappa shape index (κ3) is 6.76. The fourth-order valence-corrected chi connectivity index (χ4v) is 3.56. The number of H-pyrrole nitrogens is 1. The normalized spacial score (nSPS) is 11.6. The van der Waals surface area contributed by atoms with E-state index in [1.54, 1.807) is 12.1 Å². The Kier molecular flexibility index (Phi) is 7.19. The third-order valence-electron chi connectivity index (χ3n) is 5.19. The van der Waals surface area contributed by atoms with Gasteiger partial charge in [-0.15, -0.1) is 0 Å². The summed E-state index contributed by atoms with van der Waals surface area (Å²) < 4.78 is 47.8. The average molecular weight is 454 g/mol. The van der Waals surface area contributed by atoms with Gasteiger partial charge in [0.2, 0.25) is 0 Å². The number of hydrogen-bond donors (Lipinski definition) is 2. The summed E-state index contributed by atoms with van der Waals surface area (Å²) in [5, 5.41) is 4.46. The lowest BCUT2D eigenvalue weighted by Gasteiger charge is -2.11. The van der Waals surface area contributed by atoms with E-state index in [2.05, 4.69) is 10.3 Å². The van der Waals surface area contributed by atoms with Crippen molar-refractivity contribution in [2.75, 3.05) is 13.2 Å². The first-order valence-electron chi connectivity index (χ1n) is 10.7. The van der Waals surface area contributed by atoms with Gasteiger partial charge in [0.1, 0.15) is 18.1 Å². The van der Waals surface area contributed by atoms with Gasteiger partial charge in [-0.2, -0.15) is 13.2 Å². The van der Waals surface area contributed by atoms with Crippen LogP contribution in [-0.2, 0) is 19.6 Å². The molecule has 3 aromatic carbocycles. The maximum absolute atomic E-state index is 12.3. The largest absolute Gasteiger partial charge is 0.489 e. The highest BCUT2D eigenvalue weighted by molar-refractivity contribution is 5.84. The second-order valence-electron chi connectivity index (χ2n) is 7.77. The van der Waals surface area contributed by atoms with E-state index in [0.717, 1.165) is 40.7 Å². The van der Waals surface area contributed by atoms with Gasteiger partial charge in [-0.1, -0.05) is 42.5 Å². The van der Waals surface area contributed by atoms with Crippen LogP contribution in [0.25, 0.3) is 10.9 Å². The molecule has 0 aliphatic carbocycles. The van der Waals surface area contributed by atoms with Crippen LogP contribution >= 0.6 is 0 Å². The molecular weight excluding hydrogens is 429 g/mol. The van der Waals surface area contributed by atoms with E-state index >= 15 is 0 Å². The third-order valence-corrected chi connectivity index (χ3v) is 5.19. The molecule has 4 rings (SSSR count). The minimum atomic E-state index is -4.35. The zero-order chi connectivity index (χ0) is 23.1. The quantitative estimate of drug-likeness (QED) is 0.288. The van der Waals surface area contributed by atoms with Crippen molar-refractivity contribution in [2.45, 2.75) is 25.7 Å². The lowest BCUT2D eigenvalue weighted by molar-refractivity contribution is -0.153. The molecule has 0 radical (unpaired) electrons. The van der Waals surface area contributed by atoms with Crippen LogP contribution in [0.2, 0.25) is 0 Å². The van der Waals surface area contributed by atoms with Gasteiger partial charge in [0.25, 0.3) is 0 Å². The molecule has 2 N–H and O–H groups in total. The lowest BCUT2D eigenvalue weighted by atomic mass is 10.1. The summed E-state index contributed by atoms with van der Waals surface area (Å²) in [5.41, 5.74) is 4.20. The Morgan fingerprint density at radius 2 is 1.61 bits per heavy atom. The van der Waals surface area contributed by atoms with E-state index in [4.69, 9.17) is 9.47 Å². The van der Waals surface area contributed by atoms with Crippen molar-refractivity contribution in [1.82, 2.24) is 10.3 Å². The summed E-state index contributed by atoms with van der Waals surface area (Å²) in [4.78, 5) is 3.29. The Hall–Kier alpha value is -3.45. The van der Waals surface area contributed by atoms with Crippen LogP contribution < -0.4 is 14.8 Å². The molecule has 0 unspecified atom stereocenters. The van der Waals surface area contributed by atoms with Crippen LogP contribution in [0.4, 0.5) is 13.2 Å². The number of nitrogens with one attached hydrogen (secondary N) is 2. The molecule has 172 valence electrons. The number of hydrogen-bond acceptors (Lipinski definition) is 3. The summed E-state index contributed by atoms with van der Waals surface area (Å²) >= 11 is 0. The molecule has 7 heteroatoms. The number of aromatic nitrogens is 1. The predicted molar refractivity (Wildman–Crippen MR) is 122 cm³/mol. The molecule has 4 aromatic rings. The average Bonchev–Trinajstić information content (AvgIpc) is 3.22. The SMILES string of the molecule is FC(F)(F)COc1cccc(CNCCc2c[nH]c3ccc(OCc4ccccc4)cc23)c1. The van der Waals surface area contributed by atoms with Crippen molar-refractivity contribution in [3.8, 4) is 11.5 Å². The van der Waals surface area contributed by atoms with E-state index in [1.807, 2.05) is 60.8 Å². The monoisotopic (exact) mass is 454 g/mol. The zero-order valence-electron chi connectivity index (χ0n) is 18.0. The van der Waals surface area contributed by atoms with Crippen LogP contribution in [0.1, 0.15) is 16.7 Å². The van der Waals surface area contributed by atoms with E-state index in [9.17, 15) is 13.2 Å². The fourth-order valence-electron chi connectivity index (χ4n) is 3.56. The minimum Gasteiger partial charge on any atom is -0.489 e. The van der Waals surface area contributed by atoms with Crippen LogP contribution in [0.3, 0.4) is 0 Å². The summed E-state index contributed by atoms with van der Waals surface area (Å²) in [6.07, 6.45) is -1.55. The van der Waals surface area contributed by atoms with Crippen molar-refractivity contribution >= 4 is 10.9 Å². The summed E-state index contributed by atoms with van der Waals surface area (Å²) in [6.45, 7) is 0.480. The molecule has 0 saturated heterocycles. The standard InChI is InChI=1S/C26H25F3N2O2/c27-26(28,29)18-33-22-8-4-7-20(13-22)15-30-12-11-21-16-31-25-10-9-23(14-24(21)25)32-17-19-5-2-1-3-6-19/h1-10,13-14,16,30-31H,11-12,15,17-18H2.